The molecule has 0 saturated heterocycles. The normalized spacial score (nSPS) is 11.6. The van der Waals surface area contributed by atoms with Crippen LogP contribution in [0.2, 0.25) is 0 Å². The van der Waals surface area contributed by atoms with Crippen molar-refractivity contribution in [2.24, 2.45) is 0 Å². The zero-order valence-corrected chi connectivity index (χ0v) is 16.9. The molecule has 2 aromatic rings. The molecule has 1 aromatic heterocycles. The first-order valence-electron chi connectivity index (χ1n) is 8.42. The van der Waals surface area contributed by atoms with E-state index in [0.717, 1.165) is 28.7 Å². The lowest BCUT2D eigenvalue weighted by atomic mass is 9.97. The minimum absolute atomic E-state index is 0.302. The summed E-state index contributed by atoms with van der Waals surface area (Å²) in [7, 11) is 3.25. The Balaban J connectivity index is 0.00000109. The lowest BCUT2D eigenvalue weighted by molar-refractivity contribution is 0.0514. The maximum atomic E-state index is 12.2. The summed E-state index contributed by atoms with van der Waals surface area (Å²) in [5.74, 6) is 1.09. The van der Waals surface area contributed by atoms with Gasteiger partial charge in [0.1, 0.15) is 5.69 Å². The summed E-state index contributed by atoms with van der Waals surface area (Å²) in [6, 6.07) is 5.78. The lowest BCUT2D eigenvalue weighted by Gasteiger charge is -2.23. The van der Waals surface area contributed by atoms with Crippen molar-refractivity contribution in [2.75, 3.05) is 20.8 Å². The number of carbonyl (C=O) groups excluding carboxylic acids is 1. The van der Waals surface area contributed by atoms with Gasteiger partial charge in [-0.15, -0.1) is 0 Å². The highest BCUT2D eigenvalue weighted by Crippen LogP contribution is 2.42. The number of methoxy groups -OCH3 is 2. The molecule has 0 radical (unpaired) electrons. The van der Waals surface area contributed by atoms with E-state index in [-0.39, 0.29) is 5.97 Å². The molecule has 0 fully saturated rings. The highest BCUT2D eigenvalue weighted by Gasteiger charge is 2.27. The number of benzene rings is 1. The third-order valence-electron chi connectivity index (χ3n) is 4.00. The van der Waals surface area contributed by atoms with Crippen LogP contribution in [0.1, 0.15) is 36.8 Å². The number of rotatable bonds is 4. The first-order valence-corrected chi connectivity index (χ1v) is 9.21. The van der Waals surface area contributed by atoms with Gasteiger partial charge < -0.3 is 18.8 Å². The van der Waals surface area contributed by atoms with Crippen LogP contribution in [0.25, 0.3) is 11.3 Å². The number of carbonyl (C=O) groups is 1. The Morgan fingerprint density at radius 2 is 1.80 bits per heavy atom. The van der Waals surface area contributed by atoms with Crippen molar-refractivity contribution >= 4 is 21.9 Å². The molecule has 0 amide bonds. The first kappa shape index (κ1) is 19.4. The van der Waals surface area contributed by atoms with E-state index in [1.807, 2.05) is 36.6 Å². The summed E-state index contributed by atoms with van der Waals surface area (Å²) < 4.78 is 18.8. The van der Waals surface area contributed by atoms with Crippen LogP contribution in [0.3, 0.4) is 0 Å². The monoisotopic (exact) mass is 409 g/mol. The van der Waals surface area contributed by atoms with Gasteiger partial charge in [0.15, 0.2) is 11.5 Å². The van der Waals surface area contributed by atoms with Gasteiger partial charge in [0.25, 0.3) is 0 Å². The fourth-order valence-corrected chi connectivity index (χ4v) is 3.62. The van der Waals surface area contributed by atoms with E-state index in [2.05, 4.69) is 15.9 Å². The summed E-state index contributed by atoms with van der Waals surface area (Å²) in [6.07, 6.45) is 0.816. The van der Waals surface area contributed by atoms with Gasteiger partial charge in [-0.1, -0.05) is 13.8 Å². The molecule has 25 heavy (non-hydrogen) atoms. The van der Waals surface area contributed by atoms with Gasteiger partial charge in [-0.3, -0.25) is 0 Å². The fraction of sp³-hybridized carbons (Fsp3) is 0.421. The Hall–Kier alpha value is -1.95. The summed E-state index contributed by atoms with van der Waals surface area (Å²) in [5.41, 5.74) is 3.74. The van der Waals surface area contributed by atoms with Crippen LogP contribution < -0.4 is 9.47 Å². The van der Waals surface area contributed by atoms with Crippen LogP contribution in [0.15, 0.2) is 22.7 Å². The molecule has 3 rings (SSSR count). The molecule has 1 aliphatic heterocycles. The van der Waals surface area contributed by atoms with Crippen LogP contribution >= 0.6 is 15.9 Å². The number of ether oxygens (including phenoxy) is 3. The van der Waals surface area contributed by atoms with Crippen molar-refractivity contribution in [3.8, 4) is 22.8 Å². The van der Waals surface area contributed by atoms with Crippen molar-refractivity contribution in [3.05, 3.63) is 33.9 Å². The standard InChI is InChI=1S/C17H18BrNO4.C2H6/c1-4-23-17(20)13-9-12(18)16-11-8-15(22-3)14(21-2)7-10(11)5-6-19(13)16;1-2/h7-9H,4-6H2,1-3H3;1-2H3. The molecule has 2 heterocycles. The van der Waals surface area contributed by atoms with E-state index in [4.69, 9.17) is 14.2 Å². The molecule has 0 N–H and O–H groups in total. The number of hydrogen-bond acceptors (Lipinski definition) is 4. The average Bonchev–Trinajstić information content (AvgIpc) is 2.99. The van der Waals surface area contributed by atoms with Crippen molar-refractivity contribution in [1.29, 1.82) is 0 Å². The van der Waals surface area contributed by atoms with E-state index in [1.54, 1.807) is 21.1 Å². The molecule has 5 nitrogen and oxygen atoms in total. The summed E-state index contributed by atoms with van der Waals surface area (Å²) in [6.45, 7) is 6.88. The molecule has 0 bridgehead atoms. The Morgan fingerprint density at radius 1 is 1.16 bits per heavy atom. The second-order valence-electron chi connectivity index (χ2n) is 5.21. The highest BCUT2D eigenvalue weighted by molar-refractivity contribution is 9.10. The van der Waals surface area contributed by atoms with Crippen LogP contribution in [-0.2, 0) is 17.7 Å². The summed E-state index contributed by atoms with van der Waals surface area (Å²) in [4.78, 5) is 12.2. The molecule has 1 aliphatic rings. The second-order valence-corrected chi connectivity index (χ2v) is 6.07. The maximum absolute atomic E-state index is 12.2. The van der Waals surface area contributed by atoms with Gasteiger partial charge in [0, 0.05) is 16.6 Å². The van der Waals surface area contributed by atoms with Crippen molar-refractivity contribution in [1.82, 2.24) is 4.57 Å². The number of aryl methyl sites for hydroxylation is 1. The van der Waals surface area contributed by atoms with Crippen molar-refractivity contribution < 1.29 is 19.0 Å². The Bertz CT molecular complexity index is 767. The van der Waals surface area contributed by atoms with Crippen LogP contribution in [0.4, 0.5) is 0 Å². The van der Waals surface area contributed by atoms with Gasteiger partial charge >= 0.3 is 5.97 Å². The summed E-state index contributed by atoms with van der Waals surface area (Å²) in [5, 5.41) is 0. The molecular weight excluding hydrogens is 386 g/mol. The largest absolute Gasteiger partial charge is 0.493 e. The third-order valence-corrected chi connectivity index (χ3v) is 4.61. The minimum Gasteiger partial charge on any atom is -0.493 e. The first-order chi connectivity index (χ1) is 12.1. The van der Waals surface area contributed by atoms with Crippen LogP contribution in [0, 0.1) is 0 Å². The van der Waals surface area contributed by atoms with Crippen LogP contribution in [0.5, 0.6) is 11.5 Å². The maximum Gasteiger partial charge on any atom is 0.354 e. The van der Waals surface area contributed by atoms with Gasteiger partial charge in [0.2, 0.25) is 0 Å². The molecular formula is C19H24BrNO4. The fourth-order valence-electron chi connectivity index (χ4n) is 2.98. The van der Waals surface area contributed by atoms with E-state index >= 15 is 0 Å². The molecule has 0 saturated carbocycles. The van der Waals surface area contributed by atoms with Gasteiger partial charge in [0.05, 0.1) is 26.5 Å². The molecule has 6 heteroatoms. The molecule has 0 unspecified atom stereocenters. The minimum atomic E-state index is -0.302. The number of fused-ring (bicyclic) bond motifs is 3. The van der Waals surface area contributed by atoms with E-state index < -0.39 is 0 Å². The Kier molecular flexibility index (Phi) is 6.53. The number of nitrogens with zero attached hydrogens (tertiary/aromatic N) is 1. The van der Waals surface area contributed by atoms with E-state index in [0.29, 0.717) is 23.8 Å². The highest BCUT2D eigenvalue weighted by atomic mass is 79.9. The molecule has 0 aliphatic carbocycles. The van der Waals surface area contributed by atoms with Gasteiger partial charge in [-0.25, -0.2) is 4.79 Å². The predicted molar refractivity (Wildman–Crippen MR) is 102 cm³/mol. The quantitative estimate of drug-likeness (QED) is 0.686. The SMILES string of the molecule is CC.CCOC(=O)c1cc(Br)c2n1CCc1cc(OC)c(OC)cc1-2. The van der Waals surface area contributed by atoms with Gasteiger partial charge in [-0.05, 0) is 53.0 Å². The van der Waals surface area contributed by atoms with Crippen molar-refractivity contribution in [3.63, 3.8) is 0 Å². The number of aromatic nitrogens is 1. The lowest BCUT2D eigenvalue weighted by Crippen LogP contribution is -2.17. The van der Waals surface area contributed by atoms with Gasteiger partial charge in [-0.2, -0.15) is 0 Å². The molecule has 0 atom stereocenters. The topological polar surface area (TPSA) is 49.7 Å². The van der Waals surface area contributed by atoms with E-state index in [9.17, 15) is 4.79 Å². The Morgan fingerprint density at radius 3 is 2.40 bits per heavy atom. The second kappa shape index (κ2) is 8.43. The van der Waals surface area contributed by atoms with Crippen molar-refractivity contribution in [2.45, 2.75) is 33.7 Å². The molecule has 0 spiro atoms. The summed E-state index contributed by atoms with van der Waals surface area (Å²) >= 11 is 3.57. The average molecular weight is 410 g/mol. The smallest absolute Gasteiger partial charge is 0.354 e. The number of esters is 1. The third kappa shape index (κ3) is 3.54. The zero-order valence-electron chi connectivity index (χ0n) is 15.3. The zero-order chi connectivity index (χ0) is 18.6. The molecule has 136 valence electrons. The van der Waals surface area contributed by atoms with E-state index in [1.165, 1.54) is 5.56 Å². The number of hydrogen-bond donors (Lipinski definition) is 0. The molecule has 1 aromatic carbocycles. The predicted octanol–water partition coefficient (Wildman–Crippen LogP) is 4.69. The van der Waals surface area contributed by atoms with Crippen LogP contribution in [-0.4, -0.2) is 31.4 Å². The Labute approximate surface area is 157 Å². The number of halogens is 1.